The molecule has 1 aliphatic carbocycles. The highest BCUT2D eigenvalue weighted by molar-refractivity contribution is 7.11. The van der Waals surface area contributed by atoms with Gasteiger partial charge in [-0.1, -0.05) is 32.9 Å². The maximum Gasteiger partial charge on any atom is 0.228 e. The minimum atomic E-state index is 0. The Kier molecular flexibility index (Phi) is 5.81. The number of amides is 1. The summed E-state index contributed by atoms with van der Waals surface area (Å²) >= 11 is 1.32. The van der Waals surface area contributed by atoms with Crippen LogP contribution in [0.15, 0.2) is 42.6 Å². The minimum Gasteiger partial charge on any atom is -0.316 e. The van der Waals surface area contributed by atoms with E-state index in [1.165, 1.54) is 11.5 Å². The fourth-order valence-electron chi connectivity index (χ4n) is 3.70. The fraction of sp³-hybridized carbons (Fsp3) is 0.304. The summed E-state index contributed by atoms with van der Waals surface area (Å²) in [5, 5.41) is 12.0. The standard InChI is InChI=1S/C23H23N5OS.ClH/c1-12(2)17-5-4-6-19(25-17)20-21(14-7-8-18-15(10-14)11-24-27-18)28-30-23(20)26-22(29)16-9-13(16)3;/h4-8,10-13,16H,9H2,1-3H3,(H,24,27)(H,26,29);1H/t13-,16-;/m1./s1. The number of hydrogen-bond donors (Lipinski definition) is 2. The number of hydrogen-bond acceptors (Lipinski definition) is 5. The smallest absolute Gasteiger partial charge is 0.228 e. The molecule has 1 aliphatic rings. The van der Waals surface area contributed by atoms with Gasteiger partial charge in [0.25, 0.3) is 0 Å². The number of aromatic amines is 1. The zero-order chi connectivity index (χ0) is 20.8. The lowest BCUT2D eigenvalue weighted by atomic mass is 10.0. The average molecular weight is 454 g/mol. The molecule has 2 N–H and O–H groups in total. The van der Waals surface area contributed by atoms with Crippen molar-refractivity contribution >= 4 is 45.8 Å². The molecule has 1 saturated carbocycles. The number of aromatic nitrogens is 4. The molecular weight excluding hydrogens is 430 g/mol. The Balaban J connectivity index is 0.00000231. The van der Waals surface area contributed by atoms with Crippen LogP contribution in [0.3, 0.4) is 0 Å². The van der Waals surface area contributed by atoms with Gasteiger partial charge in [-0.2, -0.15) is 9.47 Å². The predicted octanol–water partition coefficient (Wildman–Crippen LogP) is 5.89. The molecule has 0 unspecified atom stereocenters. The van der Waals surface area contributed by atoms with Crippen molar-refractivity contribution in [3.05, 3.63) is 48.3 Å². The van der Waals surface area contributed by atoms with Crippen LogP contribution >= 0.6 is 23.9 Å². The maximum absolute atomic E-state index is 12.7. The van der Waals surface area contributed by atoms with Crippen LogP contribution in [0.25, 0.3) is 33.4 Å². The molecule has 0 bridgehead atoms. The van der Waals surface area contributed by atoms with E-state index in [0.717, 1.165) is 50.5 Å². The Morgan fingerprint density at radius 3 is 2.81 bits per heavy atom. The third-order valence-corrected chi connectivity index (χ3v) is 6.47. The molecule has 4 aromatic rings. The lowest BCUT2D eigenvalue weighted by Gasteiger charge is -2.10. The molecule has 3 aromatic heterocycles. The first-order valence-electron chi connectivity index (χ1n) is 10.2. The van der Waals surface area contributed by atoms with Crippen molar-refractivity contribution < 1.29 is 4.79 Å². The van der Waals surface area contributed by atoms with Crippen molar-refractivity contribution in [1.29, 1.82) is 0 Å². The summed E-state index contributed by atoms with van der Waals surface area (Å²) in [5.74, 6) is 0.934. The van der Waals surface area contributed by atoms with Crippen LogP contribution in [-0.2, 0) is 4.79 Å². The van der Waals surface area contributed by atoms with Crippen LogP contribution in [0, 0.1) is 11.8 Å². The number of benzene rings is 1. The van der Waals surface area contributed by atoms with Gasteiger partial charge >= 0.3 is 0 Å². The van der Waals surface area contributed by atoms with E-state index in [0.29, 0.717) is 11.8 Å². The van der Waals surface area contributed by atoms with Crippen molar-refractivity contribution in [2.24, 2.45) is 11.8 Å². The molecule has 1 fully saturated rings. The zero-order valence-electron chi connectivity index (χ0n) is 17.5. The topological polar surface area (TPSA) is 83.6 Å². The second-order valence-electron chi connectivity index (χ2n) is 8.32. The molecule has 5 rings (SSSR count). The molecule has 31 heavy (non-hydrogen) atoms. The van der Waals surface area contributed by atoms with Crippen LogP contribution in [0.4, 0.5) is 5.00 Å². The number of carbonyl (C=O) groups excluding carboxylic acids is 1. The quantitative estimate of drug-likeness (QED) is 0.394. The fourth-order valence-corrected chi connectivity index (χ4v) is 4.52. The summed E-state index contributed by atoms with van der Waals surface area (Å²) in [5.41, 5.74) is 5.51. The molecule has 1 aromatic carbocycles. The highest BCUT2D eigenvalue weighted by Gasteiger charge is 2.39. The molecule has 160 valence electrons. The molecule has 1 amide bonds. The SMILES string of the molecule is CC(C)c1cccc(-c2c(-c3ccc4[nH]ncc4c3)nsc2NC(=O)[C@@H]2C[C@H]2C)n1.Cl. The van der Waals surface area contributed by atoms with Gasteiger partial charge in [0, 0.05) is 22.6 Å². The summed E-state index contributed by atoms with van der Waals surface area (Å²) in [6, 6.07) is 12.1. The number of halogens is 1. The normalized spacial score (nSPS) is 17.5. The maximum atomic E-state index is 12.7. The molecule has 0 saturated heterocycles. The van der Waals surface area contributed by atoms with Crippen LogP contribution in [0.5, 0.6) is 0 Å². The van der Waals surface area contributed by atoms with Crippen LogP contribution < -0.4 is 5.32 Å². The molecule has 3 heterocycles. The lowest BCUT2D eigenvalue weighted by Crippen LogP contribution is -2.14. The van der Waals surface area contributed by atoms with E-state index >= 15 is 0 Å². The van der Waals surface area contributed by atoms with E-state index in [2.05, 4.69) is 42.4 Å². The van der Waals surface area contributed by atoms with Crippen molar-refractivity contribution in [3.63, 3.8) is 0 Å². The number of nitrogens with zero attached hydrogens (tertiary/aromatic N) is 3. The Morgan fingerprint density at radius 1 is 1.26 bits per heavy atom. The molecular formula is C23H24ClN5OS. The van der Waals surface area contributed by atoms with E-state index in [9.17, 15) is 4.79 Å². The van der Waals surface area contributed by atoms with Crippen molar-refractivity contribution in [2.75, 3.05) is 5.32 Å². The van der Waals surface area contributed by atoms with E-state index in [-0.39, 0.29) is 24.2 Å². The van der Waals surface area contributed by atoms with Gasteiger partial charge in [-0.05, 0) is 54.1 Å². The zero-order valence-corrected chi connectivity index (χ0v) is 19.2. The van der Waals surface area contributed by atoms with E-state index in [1.54, 1.807) is 6.20 Å². The minimum absolute atomic E-state index is 0. The largest absolute Gasteiger partial charge is 0.316 e. The van der Waals surface area contributed by atoms with E-state index in [4.69, 9.17) is 9.36 Å². The van der Waals surface area contributed by atoms with Gasteiger partial charge < -0.3 is 5.32 Å². The Morgan fingerprint density at radius 2 is 2.06 bits per heavy atom. The number of fused-ring (bicyclic) bond motifs is 1. The second-order valence-corrected chi connectivity index (χ2v) is 9.09. The number of nitrogens with one attached hydrogen (secondary N) is 2. The Labute approximate surface area is 191 Å². The lowest BCUT2D eigenvalue weighted by molar-refractivity contribution is -0.117. The molecule has 0 aliphatic heterocycles. The monoisotopic (exact) mass is 453 g/mol. The van der Waals surface area contributed by atoms with Crippen LogP contribution in [0.1, 0.15) is 38.8 Å². The Hall–Kier alpha value is -2.77. The van der Waals surface area contributed by atoms with Gasteiger partial charge in [-0.25, -0.2) is 0 Å². The van der Waals surface area contributed by atoms with Gasteiger partial charge in [0.2, 0.25) is 5.91 Å². The molecule has 6 nitrogen and oxygen atoms in total. The average Bonchev–Trinajstić information content (AvgIpc) is 3.14. The predicted molar refractivity (Wildman–Crippen MR) is 128 cm³/mol. The highest BCUT2D eigenvalue weighted by atomic mass is 35.5. The number of pyridine rings is 1. The Bertz CT molecular complexity index is 1250. The molecule has 0 spiro atoms. The van der Waals surface area contributed by atoms with Gasteiger partial charge in [0.15, 0.2) is 0 Å². The molecule has 8 heteroatoms. The number of H-pyrrole nitrogens is 1. The van der Waals surface area contributed by atoms with Gasteiger partial charge in [0.1, 0.15) is 5.00 Å². The van der Waals surface area contributed by atoms with Crippen LogP contribution in [-0.4, -0.2) is 25.5 Å². The summed E-state index contributed by atoms with van der Waals surface area (Å²) in [7, 11) is 0. The van der Waals surface area contributed by atoms with Crippen molar-refractivity contribution in [3.8, 4) is 22.5 Å². The highest BCUT2D eigenvalue weighted by Crippen LogP contribution is 2.43. The van der Waals surface area contributed by atoms with E-state index in [1.807, 2.05) is 30.3 Å². The van der Waals surface area contributed by atoms with Gasteiger partial charge in [0.05, 0.1) is 28.7 Å². The third kappa shape index (κ3) is 4.07. The number of rotatable bonds is 5. The molecule has 2 atom stereocenters. The summed E-state index contributed by atoms with van der Waals surface area (Å²) in [6.45, 7) is 6.36. The summed E-state index contributed by atoms with van der Waals surface area (Å²) in [6.07, 6.45) is 2.75. The summed E-state index contributed by atoms with van der Waals surface area (Å²) in [4.78, 5) is 17.6. The third-order valence-electron chi connectivity index (χ3n) is 5.71. The second kappa shape index (κ2) is 8.40. The summed E-state index contributed by atoms with van der Waals surface area (Å²) < 4.78 is 4.74. The van der Waals surface area contributed by atoms with E-state index < -0.39 is 0 Å². The number of anilines is 1. The van der Waals surface area contributed by atoms with Crippen LogP contribution in [0.2, 0.25) is 0 Å². The first-order valence-corrected chi connectivity index (χ1v) is 11.0. The van der Waals surface area contributed by atoms with Gasteiger partial charge in [-0.3, -0.25) is 14.9 Å². The van der Waals surface area contributed by atoms with Crippen molar-refractivity contribution in [2.45, 2.75) is 33.1 Å². The first-order chi connectivity index (χ1) is 14.5. The van der Waals surface area contributed by atoms with Gasteiger partial charge in [-0.15, -0.1) is 12.4 Å². The number of carbonyl (C=O) groups is 1. The van der Waals surface area contributed by atoms with Crippen molar-refractivity contribution in [1.82, 2.24) is 19.6 Å². The first kappa shape index (κ1) is 21.5. The molecule has 0 radical (unpaired) electrons.